The molecule has 4 nitrogen and oxygen atoms in total. The zero-order valence-corrected chi connectivity index (χ0v) is 9.56. The van der Waals surface area contributed by atoms with Gasteiger partial charge in [0.05, 0.1) is 5.56 Å². The molecule has 2 atom stereocenters. The van der Waals surface area contributed by atoms with Crippen molar-refractivity contribution in [2.24, 2.45) is 5.92 Å². The highest BCUT2D eigenvalue weighted by molar-refractivity contribution is 6.09. The molecule has 1 aromatic carbocycles. The zero-order valence-electron chi connectivity index (χ0n) is 9.56. The maximum absolute atomic E-state index is 12.0. The van der Waals surface area contributed by atoms with Crippen LogP contribution in [0.25, 0.3) is 0 Å². The van der Waals surface area contributed by atoms with E-state index in [2.05, 4.69) is 5.32 Å². The van der Waals surface area contributed by atoms with Crippen LogP contribution in [0.4, 0.5) is 0 Å². The fourth-order valence-electron chi connectivity index (χ4n) is 3.42. The van der Waals surface area contributed by atoms with Crippen LogP contribution < -0.4 is 5.32 Å². The third kappa shape index (κ3) is 0.967. The summed E-state index contributed by atoms with van der Waals surface area (Å²) in [4.78, 5) is 23.1. The molecule has 0 aromatic heterocycles. The van der Waals surface area contributed by atoms with Crippen LogP contribution in [-0.4, -0.2) is 23.4 Å². The normalized spacial score (nSPS) is 30.8. The topological polar surface area (TPSA) is 66.4 Å². The number of ketones is 1. The summed E-state index contributed by atoms with van der Waals surface area (Å²) in [6.07, 6.45) is 2.70. The monoisotopic (exact) mass is 241 g/mol. The van der Waals surface area contributed by atoms with Crippen LogP contribution in [0.5, 0.6) is 0 Å². The van der Waals surface area contributed by atoms with Gasteiger partial charge in [-0.1, -0.05) is 0 Å². The van der Waals surface area contributed by atoms with Gasteiger partial charge in [-0.25, -0.2) is 4.79 Å². The third-order valence-electron chi connectivity index (χ3n) is 4.41. The Morgan fingerprint density at radius 2 is 2.28 bits per heavy atom. The molecule has 1 aromatic rings. The third-order valence-corrected chi connectivity index (χ3v) is 4.41. The van der Waals surface area contributed by atoms with Gasteiger partial charge in [0.2, 0.25) is 0 Å². The predicted octanol–water partition coefficient (Wildman–Crippen LogP) is 1.33. The van der Waals surface area contributed by atoms with Crippen molar-refractivity contribution in [3.63, 3.8) is 0 Å². The number of carbonyl (C=O) groups excluding carboxylic acids is 1. The minimum atomic E-state index is -0.944. The Morgan fingerprint density at radius 1 is 1.44 bits per heavy atom. The van der Waals surface area contributed by atoms with E-state index < -0.39 is 5.97 Å². The second-order valence-corrected chi connectivity index (χ2v) is 5.24. The molecule has 2 unspecified atom stereocenters. The van der Waals surface area contributed by atoms with Crippen molar-refractivity contribution in [1.29, 1.82) is 0 Å². The Bertz CT molecular complexity index is 646. The molecule has 90 valence electrons. The first kappa shape index (κ1) is 9.88. The van der Waals surface area contributed by atoms with E-state index in [1.165, 1.54) is 6.07 Å². The van der Waals surface area contributed by atoms with Crippen LogP contribution in [-0.2, 0) is 5.41 Å². The van der Waals surface area contributed by atoms with E-state index in [4.69, 9.17) is 5.11 Å². The van der Waals surface area contributed by atoms with E-state index in [0.29, 0.717) is 11.5 Å². The molecule has 1 saturated heterocycles. The number of aromatic carboxylic acids is 1. The SMILES string of the molecule is O=C(O)c1ccc2c(c1)C13CC1CNC3=CC2=O. The van der Waals surface area contributed by atoms with Crippen LogP contribution in [0.3, 0.4) is 0 Å². The summed E-state index contributed by atoms with van der Waals surface area (Å²) in [7, 11) is 0. The lowest BCUT2D eigenvalue weighted by Crippen LogP contribution is -2.25. The Kier molecular flexibility index (Phi) is 1.55. The molecular formula is C14H11NO3. The molecule has 3 aliphatic rings. The lowest BCUT2D eigenvalue weighted by Gasteiger charge is -2.24. The lowest BCUT2D eigenvalue weighted by molar-refractivity contribution is 0.0696. The van der Waals surface area contributed by atoms with Crippen molar-refractivity contribution in [3.05, 3.63) is 46.7 Å². The van der Waals surface area contributed by atoms with Crippen LogP contribution in [0, 0.1) is 5.92 Å². The van der Waals surface area contributed by atoms with Crippen molar-refractivity contribution in [2.75, 3.05) is 6.54 Å². The number of benzene rings is 1. The van der Waals surface area contributed by atoms with Crippen LogP contribution in [0.1, 0.15) is 32.7 Å². The predicted molar refractivity (Wildman–Crippen MR) is 63.6 cm³/mol. The van der Waals surface area contributed by atoms with Gasteiger partial charge in [-0.2, -0.15) is 0 Å². The Hall–Kier alpha value is -2.10. The van der Waals surface area contributed by atoms with Gasteiger partial charge in [0, 0.05) is 29.3 Å². The van der Waals surface area contributed by atoms with Gasteiger partial charge in [-0.15, -0.1) is 0 Å². The van der Waals surface area contributed by atoms with E-state index in [0.717, 1.165) is 24.2 Å². The summed E-state index contributed by atoms with van der Waals surface area (Å²) >= 11 is 0. The Balaban J connectivity index is 1.98. The van der Waals surface area contributed by atoms with Crippen LogP contribution in [0.15, 0.2) is 30.0 Å². The van der Waals surface area contributed by atoms with Gasteiger partial charge in [-0.05, 0) is 36.1 Å². The number of hydrogen-bond donors (Lipinski definition) is 2. The lowest BCUT2D eigenvalue weighted by atomic mass is 9.81. The largest absolute Gasteiger partial charge is 0.478 e. The number of nitrogens with one attached hydrogen (secondary N) is 1. The Morgan fingerprint density at radius 3 is 3.00 bits per heavy atom. The van der Waals surface area contributed by atoms with Crippen molar-refractivity contribution < 1.29 is 14.7 Å². The van der Waals surface area contributed by atoms with Gasteiger partial charge < -0.3 is 10.4 Å². The number of hydrogen-bond acceptors (Lipinski definition) is 3. The van der Waals surface area contributed by atoms with E-state index in [-0.39, 0.29) is 16.8 Å². The first-order valence-electron chi connectivity index (χ1n) is 6.01. The maximum Gasteiger partial charge on any atom is 0.335 e. The molecule has 1 heterocycles. The quantitative estimate of drug-likeness (QED) is 0.778. The van der Waals surface area contributed by atoms with Gasteiger partial charge in [0.15, 0.2) is 5.78 Å². The second-order valence-electron chi connectivity index (χ2n) is 5.24. The van der Waals surface area contributed by atoms with Crippen molar-refractivity contribution in [2.45, 2.75) is 11.8 Å². The average molecular weight is 241 g/mol. The summed E-state index contributed by atoms with van der Waals surface area (Å²) in [5, 5.41) is 12.3. The molecule has 4 heteroatoms. The highest BCUT2D eigenvalue weighted by Crippen LogP contribution is 2.63. The van der Waals surface area contributed by atoms with Gasteiger partial charge in [0.1, 0.15) is 0 Å². The summed E-state index contributed by atoms with van der Waals surface area (Å²) in [6.45, 7) is 0.885. The average Bonchev–Trinajstić information content (AvgIpc) is 2.98. The summed E-state index contributed by atoms with van der Waals surface area (Å²) in [5.74, 6) is -0.455. The van der Waals surface area contributed by atoms with Gasteiger partial charge >= 0.3 is 5.97 Å². The number of fused-ring (bicyclic) bond motifs is 1. The minimum Gasteiger partial charge on any atom is -0.478 e. The summed E-state index contributed by atoms with van der Waals surface area (Å²) in [5.41, 5.74) is 2.71. The number of rotatable bonds is 1. The molecule has 2 N–H and O–H groups in total. The number of allylic oxidation sites excluding steroid dienone is 2. The number of carboxylic acid groups (broad SMARTS) is 1. The fourth-order valence-corrected chi connectivity index (χ4v) is 3.42. The highest BCUT2D eigenvalue weighted by atomic mass is 16.4. The first-order valence-corrected chi connectivity index (χ1v) is 6.01. The van der Waals surface area contributed by atoms with Crippen molar-refractivity contribution in [3.8, 4) is 0 Å². The molecule has 4 rings (SSSR count). The molecule has 18 heavy (non-hydrogen) atoms. The zero-order chi connectivity index (χ0) is 12.5. The molecule has 0 amide bonds. The minimum absolute atomic E-state index is 0.0254. The molecular weight excluding hydrogens is 230 g/mol. The van der Waals surface area contributed by atoms with Crippen LogP contribution >= 0.6 is 0 Å². The molecule has 2 fully saturated rings. The number of carbonyl (C=O) groups is 2. The smallest absolute Gasteiger partial charge is 0.335 e. The number of piperidine rings is 1. The molecule has 0 radical (unpaired) electrons. The van der Waals surface area contributed by atoms with E-state index in [1.54, 1.807) is 18.2 Å². The fraction of sp³-hybridized carbons (Fsp3) is 0.286. The molecule has 0 bridgehead atoms. The van der Waals surface area contributed by atoms with Crippen molar-refractivity contribution >= 4 is 11.8 Å². The first-order chi connectivity index (χ1) is 8.63. The van der Waals surface area contributed by atoms with E-state index in [9.17, 15) is 9.59 Å². The highest BCUT2D eigenvalue weighted by Gasteiger charge is 2.63. The van der Waals surface area contributed by atoms with Gasteiger partial charge in [-0.3, -0.25) is 4.79 Å². The van der Waals surface area contributed by atoms with Gasteiger partial charge in [0.25, 0.3) is 0 Å². The van der Waals surface area contributed by atoms with E-state index >= 15 is 0 Å². The van der Waals surface area contributed by atoms with Crippen LogP contribution in [0.2, 0.25) is 0 Å². The molecule has 2 aliphatic carbocycles. The molecule has 1 spiro atoms. The molecule has 1 aliphatic heterocycles. The molecule has 1 saturated carbocycles. The second kappa shape index (κ2) is 2.83. The standard InChI is InChI=1S/C14H11NO3/c16-11-4-12-14(5-8(14)6-15-12)10-3-7(13(17)18)1-2-9(10)11/h1-4,8,15H,5-6H2,(H,17,18). The van der Waals surface area contributed by atoms with Crippen molar-refractivity contribution in [1.82, 2.24) is 5.32 Å². The summed E-state index contributed by atoms with van der Waals surface area (Å²) in [6, 6.07) is 4.83. The summed E-state index contributed by atoms with van der Waals surface area (Å²) < 4.78 is 0. The Labute approximate surface area is 103 Å². The maximum atomic E-state index is 12.0. The number of carboxylic acids is 1. The van der Waals surface area contributed by atoms with E-state index in [1.807, 2.05) is 0 Å².